The van der Waals surface area contributed by atoms with Crippen LogP contribution in [0.4, 0.5) is 0 Å². The van der Waals surface area contributed by atoms with Crippen LogP contribution in [0.25, 0.3) is 0 Å². The Morgan fingerprint density at radius 3 is 2.43 bits per heavy atom. The Labute approximate surface area is 95.4 Å². The van der Waals surface area contributed by atoms with Crippen molar-refractivity contribution < 1.29 is 8.42 Å². The van der Waals surface area contributed by atoms with Crippen molar-refractivity contribution in [2.45, 2.75) is 22.8 Å². The third kappa shape index (κ3) is 1.85. The van der Waals surface area contributed by atoms with E-state index in [9.17, 15) is 8.42 Å². The van der Waals surface area contributed by atoms with Crippen molar-refractivity contribution in [2.75, 3.05) is 0 Å². The van der Waals surface area contributed by atoms with E-state index in [1.807, 2.05) is 0 Å². The lowest BCUT2D eigenvalue weighted by Gasteiger charge is -2.14. The highest BCUT2D eigenvalue weighted by molar-refractivity contribution is 9.11. The van der Waals surface area contributed by atoms with Crippen molar-refractivity contribution in [3.63, 3.8) is 0 Å². The van der Waals surface area contributed by atoms with Crippen LogP contribution in [0.5, 0.6) is 0 Å². The molecule has 0 unspecified atom stereocenters. The molecule has 14 heavy (non-hydrogen) atoms. The first-order valence-electron chi connectivity index (χ1n) is 3.72. The Morgan fingerprint density at radius 2 is 2.07 bits per heavy atom. The Balaban J connectivity index is 3.31. The van der Waals surface area contributed by atoms with Crippen LogP contribution in [0.15, 0.2) is 20.1 Å². The third-order valence-electron chi connectivity index (χ3n) is 1.75. The molecule has 1 aromatic rings. The number of hydrogen-bond donors (Lipinski definition) is 0. The predicted octanol–water partition coefficient (Wildman–Crippen LogP) is 2.59. The van der Waals surface area contributed by atoms with Gasteiger partial charge in [-0.1, -0.05) is 0 Å². The minimum absolute atomic E-state index is 0.218. The summed E-state index contributed by atoms with van der Waals surface area (Å²) >= 11 is 4.30. The zero-order valence-electron chi connectivity index (χ0n) is 7.61. The van der Waals surface area contributed by atoms with E-state index in [-0.39, 0.29) is 4.21 Å². The maximum absolute atomic E-state index is 11.9. The minimum atomic E-state index is -3.54. The van der Waals surface area contributed by atoms with Gasteiger partial charge in [0.2, 0.25) is 9.84 Å². The number of rotatable bonds is 2. The fourth-order valence-corrected chi connectivity index (χ4v) is 4.40. The van der Waals surface area contributed by atoms with Gasteiger partial charge in [-0.05, 0) is 41.9 Å². The third-order valence-corrected chi connectivity index (χ3v) is 6.18. The molecule has 0 radical (unpaired) electrons. The molecule has 0 N–H and O–H groups in total. The zero-order chi connectivity index (χ0) is 11.0. The zero-order valence-corrected chi connectivity index (χ0v) is 10.8. The van der Waals surface area contributed by atoms with Gasteiger partial charge in [0, 0.05) is 0 Å². The van der Waals surface area contributed by atoms with Gasteiger partial charge in [-0.25, -0.2) is 8.42 Å². The van der Waals surface area contributed by atoms with Crippen LogP contribution in [0.2, 0.25) is 0 Å². The molecule has 0 bridgehead atoms. The Bertz CT molecular complexity index is 482. The summed E-state index contributed by atoms with van der Waals surface area (Å²) < 4.78 is 23.3. The van der Waals surface area contributed by atoms with Crippen LogP contribution in [0.1, 0.15) is 13.8 Å². The van der Waals surface area contributed by atoms with Gasteiger partial charge in [-0.15, -0.1) is 11.3 Å². The predicted molar refractivity (Wildman–Crippen MR) is 58.9 cm³/mol. The van der Waals surface area contributed by atoms with Gasteiger partial charge in [-0.3, -0.25) is 0 Å². The van der Waals surface area contributed by atoms with Gasteiger partial charge < -0.3 is 0 Å². The van der Waals surface area contributed by atoms with Gasteiger partial charge in [0.05, 0.1) is 9.86 Å². The maximum Gasteiger partial charge on any atom is 0.206 e. The standard InChI is InChI=1S/C8H8BrNO2S2/c1-8(2,5-10)14(11,12)7-4-3-6(9)13-7/h3-4H,1-2H3. The minimum Gasteiger partial charge on any atom is -0.221 e. The molecule has 0 saturated carbocycles. The summed E-state index contributed by atoms with van der Waals surface area (Å²) in [6.07, 6.45) is 0. The highest BCUT2D eigenvalue weighted by atomic mass is 79.9. The summed E-state index contributed by atoms with van der Waals surface area (Å²) in [5, 5.41) is 8.76. The molecule has 3 nitrogen and oxygen atoms in total. The molecular formula is C8H8BrNO2S2. The molecule has 0 aliphatic carbocycles. The molecule has 1 heterocycles. The van der Waals surface area contributed by atoms with Crippen LogP contribution in [-0.4, -0.2) is 13.2 Å². The van der Waals surface area contributed by atoms with E-state index < -0.39 is 14.6 Å². The number of hydrogen-bond acceptors (Lipinski definition) is 4. The van der Waals surface area contributed by atoms with E-state index in [0.717, 1.165) is 15.1 Å². The lowest BCUT2D eigenvalue weighted by atomic mass is 10.2. The first-order valence-corrected chi connectivity index (χ1v) is 6.82. The number of thiophene rings is 1. The molecule has 0 saturated heterocycles. The summed E-state index contributed by atoms with van der Waals surface area (Å²) in [6.45, 7) is 2.80. The summed E-state index contributed by atoms with van der Waals surface area (Å²) in [5.74, 6) is 0. The molecule has 0 spiro atoms. The van der Waals surface area contributed by atoms with Crippen molar-refractivity contribution in [1.82, 2.24) is 0 Å². The lowest BCUT2D eigenvalue weighted by molar-refractivity contribution is 0.576. The number of sulfone groups is 1. The lowest BCUT2D eigenvalue weighted by Crippen LogP contribution is -2.29. The van der Waals surface area contributed by atoms with Crippen molar-refractivity contribution in [3.8, 4) is 6.07 Å². The SMILES string of the molecule is CC(C)(C#N)S(=O)(=O)c1ccc(Br)s1. The van der Waals surface area contributed by atoms with Crippen LogP contribution in [0.3, 0.4) is 0 Å². The summed E-state index contributed by atoms with van der Waals surface area (Å²) in [6, 6.07) is 4.95. The maximum atomic E-state index is 11.9. The van der Waals surface area contributed by atoms with E-state index in [1.54, 1.807) is 12.1 Å². The van der Waals surface area contributed by atoms with Gasteiger partial charge in [0.15, 0.2) is 4.75 Å². The van der Waals surface area contributed by atoms with E-state index in [2.05, 4.69) is 15.9 Å². The van der Waals surface area contributed by atoms with Crippen molar-refractivity contribution >= 4 is 37.1 Å². The molecule has 0 amide bonds. The van der Waals surface area contributed by atoms with Gasteiger partial charge >= 0.3 is 0 Å². The molecule has 6 heteroatoms. The van der Waals surface area contributed by atoms with E-state index in [0.29, 0.717) is 0 Å². The highest BCUT2D eigenvalue weighted by Crippen LogP contribution is 2.32. The Kier molecular flexibility index (Phi) is 3.04. The van der Waals surface area contributed by atoms with E-state index in [4.69, 9.17) is 5.26 Å². The first kappa shape index (κ1) is 11.7. The first-order chi connectivity index (χ1) is 6.31. The molecule has 0 aliphatic rings. The van der Waals surface area contributed by atoms with Crippen LogP contribution in [0, 0.1) is 11.3 Å². The normalized spacial score (nSPS) is 12.4. The van der Waals surface area contributed by atoms with E-state index >= 15 is 0 Å². The summed E-state index contributed by atoms with van der Waals surface area (Å²) in [5.41, 5.74) is 0. The fourth-order valence-electron chi connectivity index (χ4n) is 0.754. The average molecular weight is 294 g/mol. The van der Waals surface area contributed by atoms with Gasteiger partial charge in [0.1, 0.15) is 4.21 Å². The second kappa shape index (κ2) is 3.65. The Hall–Kier alpha value is -0.380. The van der Waals surface area contributed by atoms with Crippen LogP contribution >= 0.6 is 27.3 Å². The van der Waals surface area contributed by atoms with Crippen molar-refractivity contribution in [3.05, 3.63) is 15.9 Å². The topological polar surface area (TPSA) is 57.9 Å². The van der Waals surface area contributed by atoms with Crippen molar-refractivity contribution in [2.24, 2.45) is 0 Å². The fraction of sp³-hybridized carbons (Fsp3) is 0.375. The molecule has 1 rings (SSSR count). The summed E-state index contributed by atoms with van der Waals surface area (Å²) in [4.78, 5) is 0. The van der Waals surface area contributed by atoms with Crippen LogP contribution in [-0.2, 0) is 9.84 Å². The monoisotopic (exact) mass is 293 g/mol. The molecule has 0 aromatic carbocycles. The highest BCUT2D eigenvalue weighted by Gasteiger charge is 2.36. The number of nitrogens with zero attached hydrogens (tertiary/aromatic N) is 1. The van der Waals surface area contributed by atoms with Crippen molar-refractivity contribution in [1.29, 1.82) is 5.26 Å². The molecule has 0 fully saturated rings. The van der Waals surface area contributed by atoms with Crippen LogP contribution < -0.4 is 0 Å². The van der Waals surface area contributed by atoms with Gasteiger partial charge in [0.25, 0.3) is 0 Å². The number of nitriles is 1. The molecule has 1 aromatic heterocycles. The molecule has 76 valence electrons. The summed E-state index contributed by atoms with van der Waals surface area (Å²) in [7, 11) is -3.54. The van der Waals surface area contributed by atoms with Gasteiger partial charge in [-0.2, -0.15) is 5.26 Å². The molecule has 0 aliphatic heterocycles. The second-order valence-electron chi connectivity index (χ2n) is 3.18. The molecular weight excluding hydrogens is 286 g/mol. The largest absolute Gasteiger partial charge is 0.221 e. The second-order valence-corrected chi connectivity index (χ2v) is 8.37. The number of halogens is 1. The van der Waals surface area contributed by atoms with E-state index in [1.165, 1.54) is 19.9 Å². The Morgan fingerprint density at radius 1 is 1.50 bits per heavy atom. The smallest absolute Gasteiger partial charge is 0.206 e. The molecule has 0 atom stereocenters. The average Bonchev–Trinajstić information content (AvgIpc) is 2.52. The quantitative estimate of drug-likeness (QED) is 0.842.